The SMILES string of the molecule is C=CCCS(=O)(=O)c1cc(OC)c(OC)c(C(=O)O)c1. The first kappa shape index (κ1) is 16.0. The standard InChI is InChI=1S/C13H16O6S/c1-4-5-6-20(16,17)9-7-10(13(14)15)12(19-3)11(8-9)18-2/h4,7-8H,1,5-6H2,2-3H3,(H,14,15). The van der Waals surface area contributed by atoms with Gasteiger partial charge < -0.3 is 14.6 Å². The summed E-state index contributed by atoms with van der Waals surface area (Å²) in [5.41, 5.74) is -0.260. The molecule has 1 N–H and O–H groups in total. The van der Waals surface area contributed by atoms with E-state index >= 15 is 0 Å². The second-order valence-corrected chi connectivity index (χ2v) is 6.02. The number of rotatable bonds is 7. The maximum Gasteiger partial charge on any atom is 0.339 e. The van der Waals surface area contributed by atoms with E-state index in [1.165, 1.54) is 26.4 Å². The summed E-state index contributed by atoms with van der Waals surface area (Å²) in [4.78, 5) is 11.1. The summed E-state index contributed by atoms with van der Waals surface area (Å²) in [6.07, 6.45) is 1.76. The molecule has 6 nitrogen and oxygen atoms in total. The number of methoxy groups -OCH3 is 2. The predicted octanol–water partition coefficient (Wildman–Crippen LogP) is 1.75. The van der Waals surface area contributed by atoms with Crippen LogP contribution < -0.4 is 9.47 Å². The van der Waals surface area contributed by atoms with E-state index in [4.69, 9.17) is 14.6 Å². The van der Waals surface area contributed by atoms with Crippen LogP contribution in [0.2, 0.25) is 0 Å². The Labute approximate surface area is 117 Å². The summed E-state index contributed by atoms with van der Waals surface area (Å²) >= 11 is 0. The van der Waals surface area contributed by atoms with Crippen molar-refractivity contribution in [2.75, 3.05) is 20.0 Å². The van der Waals surface area contributed by atoms with Gasteiger partial charge in [0.1, 0.15) is 5.56 Å². The lowest BCUT2D eigenvalue weighted by atomic mass is 10.2. The Hall–Kier alpha value is -2.02. The van der Waals surface area contributed by atoms with Crippen molar-refractivity contribution >= 4 is 15.8 Å². The summed E-state index contributed by atoms with van der Waals surface area (Å²) in [5.74, 6) is -1.39. The van der Waals surface area contributed by atoms with Gasteiger partial charge in [0.2, 0.25) is 0 Å². The van der Waals surface area contributed by atoms with Crippen LogP contribution >= 0.6 is 0 Å². The number of hydrogen-bond acceptors (Lipinski definition) is 5. The lowest BCUT2D eigenvalue weighted by molar-refractivity contribution is 0.0692. The van der Waals surface area contributed by atoms with Gasteiger partial charge in [0.25, 0.3) is 0 Å². The third-order valence-electron chi connectivity index (χ3n) is 2.63. The van der Waals surface area contributed by atoms with E-state index in [1.807, 2.05) is 0 Å². The van der Waals surface area contributed by atoms with Gasteiger partial charge in [-0.3, -0.25) is 0 Å². The Morgan fingerprint density at radius 3 is 2.45 bits per heavy atom. The third kappa shape index (κ3) is 3.30. The Kier molecular flexibility index (Phi) is 5.15. The van der Waals surface area contributed by atoms with E-state index in [-0.39, 0.29) is 34.1 Å². The van der Waals surface area contributed by atoms with E-state index in [9.17, 15) is 13.2 Å². The number of carboxylic acid groups (broad SMARTS) is 1. The van der Waals surface area contributed by atoms with Gasteiger partial charge >= 0.3 is 5.97 Å². The summed E-state index contributed by atoms with van der Waals surface area (Å²) in [5, 5.41) is 9.14. The van der Waals surface area contributed by atoms with Gasteiger partial charge in [-0.2, -0.15) is 0 Å². The number of carboxylic acids is 1. The number of ether oxygens (including phenoxy) is 2. The van der Waals surface area contributed by atoms with E-state index in [0.29, 0.717) is 0 Å². The molecule has 0 radical (unpaired) electrons. The number of sulfone groups is 1. The van der Waals surface area contributed by atoms with Gasteiger partial charge in [-0.1, -0.05) is 6.08 Å². The minimum Gasteiger partial charge on any atom is -0.493 e. The highest BCUT2D eigenvalue weighted by Gasteiger charge is 2.23. The molecule has 1 aromatic rings. The van der Waals surface area contributed by atoms with Crippen LogP contribution in [-0.4, -0.2) is 39.5 Å². The van der Waals surface area contributed by atoms with Crippen LogP contribution in [0.3, 0.4) is 0 Å². The molecule has 1 aromatic carbocycles. The molecule has 0 aromatic heterocycles. The molecule has 20 heavy (non-hydrogen) atoms. The topological polar surface area (TPSA) is 89.9 Å². The van der Waals surface area contributed by atoms with Gasteiger partial charge in [-0.05, 0) is 12.5 Å². The molecular weight excluding hydrogens is 284 g/mol. The van der Waals surface area contributed by atoms with Crippen molar-refractivity contribution in [3.8, 4) is 11.5 Å². The fraction of sp³-hybridized carbons (Fsp3) is 0.308. The van der Waals surface area contributed by atoms with E-state index in [1.54, 1.807) is 0 Å². The van der Waals surface area contributed by atoms with Crippen molar-refractivity contribution in [2.45, 2.75) is 11.3 Å². The molecule has 0 spiro atoms. The number of hydrogen-bond donors (Lipinski definition) is 1. The molecule has 0 aliphatic carbocycles. The van der Waals surface area contributed by atoms with Crippen LogP contribution in [0.25, 0.3) is 0 Å². The smallest absolute Gasteiger partial charge is 0.339 e. The summed E-state index contributed by atoms with van der Waals surface area (Å²) in [7, 11) is -1.01. The van der Waals surface area contributed by atoms with Crippen molar-refractivity contribution in [1.82, 2.24) is 0 Å². The second-order valence-electron chi connectivity index (χ2n) is 3.91. The first-order chi connectivity index (χ1) is 9.37. The average molecular weight is 300 g/mol. The molecule has 0 saturated heterocycles. The van der Waals surface area contributed by atoms with Crippen molar-refractivity contribution in [3.05, 3.63) is 30.4 Å². The Morgan fingerprint density at radius 2 is 2.00 bits per heavy atom. The van der Waals surface area contributed by atoms with Crippen molar-refractivity contribution in [1.29, 1.82) is 0 Å². The molecular formula is C13H16O6S. The van der Waals surface area contributed by atoms with Crippen LogP contribution in [-0.2, 0) is 9.84 Å². The van der Waals surface area contributed by atoms with E-state index in [2.05, 4.69) is 6.58 Å². The highest BCUT2D eigenvalue weighted by atomic mass is 32.2. The highest BCUT2D eigenvalue weighted by molar-refractivity contribution is 7.91. The molecule has 0 atom stereocenters. The Balaban J connectivity index is 3.47. The molecule has 0 heterocycles. The maximum atomic E-state index is 12.1. The highest BCUT2D eigenvalue weighted by Crippen LogP contribution is 2.34. The summed E-state index contributed by atoms with van der Waals surface area (Å²) in [6, 6.07) is 2.33. The quantitative estimate of drug-likeness (QED) is 0.772. The number of carbonyl (C=O) groups is 1. The maximum absolute atomic E-state index is 12.1. The zero-order valence-corrected chi connectivity index (χ0v) is 12.1. The molecule has 110 valence electrons. The van der Waals surface area contributed by atoms with Gasteiger partial charge in [0.15, 0.2) is 21.3 Å². The zero-order valence-electron chi connectivity index (χ0n) is 11.3. The van der Waals surface area contributed by atoms with Crippen LogP contribution in [0.5, 0.6) is 11.5 Å². The van der Waals surface area contributed by atoms with Crippen molar-refractivity contribution < 1.29 is 27.8 Å². The average Bonchev–Trinajstić information content (AvgIpc) is 2.43. The molecule has 7 heteroatoms. The van der Waals surface area contributed by atoms with Gasteiger partial charge in [0, 0.05) is 6.07 Å². The predicted molar refractivity (Wildman–Crippen MR) is 73.4 cm³/mol. The van der Waals surface area contributed by atoms with Crippen molar-refractivity contribution in [3.63, 3.8) is 0 Å². The first-order valence-electron chi connectivity index (χ1n) is 5.70. The van der Waals surface area contributed by atoms with E-state index in [0.717, 1.165) is 6.07 Å². The van der Waals surface area contributed by atoms with Gasteiger partial charge in [-0.25, -0.2) is 13.2 Å². The van der Waals surface area contributed by atoms with Crippen LogP contribution in [0.4, 0.5) is 0 Å². The first-order valence-corrected chi connectivity index (χ1v) is 7.35. The van der Waals surface area contributed by atoms with Crippen LogP contribution in [0.1, 0.15) is 16.8 Å². The number of aromatic carboxylic acids is 1. The zero-order chi connectivity index (χ0) is 15.3. The van der Waals surface area contributed by atoms with Crippen LogP contribution in [0, 0.1) is 0 Å². The Morgan fingerprint density at radius 1 is 1.35 bits per heavy atom. The van der Waals surface area contributed by atoms with Crippen LogP contribution in [0.15, 0.2) is 29.7 Å². The molecule has 0 fully saturated rings. The molecule has 0 amide bonds. The van der Waals surface area contributed by atoms with Gasteiger partial charge in [0.05, 0.1) is 24.9 Å². The largest absolute Gasteiger partial charge is 0.493 e. The summed E-state index contributed by atoms with van der Waals surface area (Å²) in [6.45, 7) is 3.46. The molecule has 0 aliphatic heterocycles. The minimum atomic E-state index is -3.61. The fourth-order valence-electron chi connectivity index (χ4n) is 1.63. The summed E-state index contributed by atoms with van der Waals surface area (Å²) < 4.78 is 34.1. The second kappa shape index (κ2) is 6.42. The van der Waals surface area contributed by atoms with E-state index < -0.39 is 15.8 Å². The normalized spacial score (nSPS) is 10.9. The monoisotopic (exact) mass is 300 g/mol. The number of allylic oxidation sites excluding steroid dienone is 1. The molecule has 0 unspecified atom stereocenters. The lowest BCUT2D eigenvalue weighted by Crippen LogP contribution is -2.10. The Bertz CT molecular complexity index is 618. The third-order valence-corrected chi connectivity index (χ3v) is 4.36. The number of benzene rings is 1. The van der Waals surface area contributed by atoms with Gasteiger partial charge in [-0.15, -0.1) is 6.58 Å². The minimum absolute atomic E-state index is 0.0114. The van der Waals surface area contributed by atoms with Crippen molar-refractivity contribution in [2.24, 2.45) is 0 Å². The molecule has 0 aliphatic rings. The molecule has 0 saturated carbocycles. The lowest BCUT2D eigenvalue weighted by Gasteiger charge is -2.13. The molecule has 1 rings (SSSR count). The fourth-order valence-corrected chi connectivity index (χ4v) is 2.93. The molecule has 0 bridgehead atoms.